The number of rotatable bonds is 2. The van der Waals surface area contributed by atoms with Gasteiger partial charge in [0.25, 0.3) is 0 Å². The van der Waals surface area contributed by atoms with Crippen molar-refractivity contribution >= 4 is 5.78 Å². The number of aliphatic hydroxyl groups excluding tert-OH is 1. The molecular weight excluding hydrogens is 350 g/mol. The lowest BCUT2D eigenvalue weighted by Crippen LogP contribution is -2.74. The second-order valence-corrected chi connectivity index (χ2v) is 11.2. The number of carbonyl (C=O) groups is 1. The molecule has 4 nitrogen and oxygen atoms in total. The van der Waals surface area contributed by atoms with Crippen LogP contribution in [-0.4, -0.2) is 47.8 Å². The van der Waals surface area contributed by atoms with Crippen LogP contribution in [-0.2, 0) is 9.53 Å². The number of hydrogen-bond donors (Lipinski definition) is 1. The topological polar surface area (TPSA) is 49.8 Å². The van der Waals surface area contributed by atoms with Gasteiger partial charge in [-0.15, -0.1) is 0 Å². The Kier molecular flexibility index (Phi) is 3.69. The largest absolute Gasteiger partial charge is 0.388 e. The van der Waals surface area contributed by atoms with Gasteiger partial charge in [-0.3, -0.25) is 4.90 Å². The lowest BCUT2D eigenvalue weighted by atomic mass is 9.34. The van der Waals surface area contributed by atoms with Crippen LogP contribution in [0.3, 0.4) is 0 Å². The van der Waals surface area contributed by atoms with Crippen molar-refractivity contribution in [3.63, 3.8) is 0 Å². The molecule has 1 unspecified atom stereocenters. The smallest absolute Gasteiger partial charge is 0.130 e. The molecule has 7 fully saturated rings. The van der Waals surface area contributed by atoms with Gasteiger partial charge in [-0.2, -0.15) is 0 Å². The molecule has 2 heterocycles. The number of piperidine rings is 1. The number of ether oxygens (including phenoxy) is 1. The van der Waals surface area contributed by atoms with E-state index in [4.69, 9.17) is 4.74 Å². The fraction of sp³-hybridized carbons (Fsp3) is 0.875. The first-order valence-electron chi connectivity index (χ1n) is 11.6. The third kappa shape index (κ3) is 1.96. The van der Waals surface area contributed by atoms with E-state index in [1.165, 1.54) is 32.1 Å². The third-order valence-corrected chi connectivity index (χ3v) is 10.4. The van der Waals surface area contributed by atoms with Gasteiger partial charge in [0, 0.05) is 30.3 Å². The second-order valence-electron chi connectivity index (χ2n) is 11.2. The Bertz CT molecular complexity index is 735. The molecule has 0 aromatic carbocycles. The molecule has 0 radical (unpaired) electrons. The van der Waals surface area contributed by atoms with Crippen LogP contribution in [0, 0.1) is 34.0 Å². The molecule has 7 aliphatic rings. The third-order valence-electron chi connectivity index (χ3n) is 10.4. The Morgan fingerprint density at radius 1 is 1.25 bits per heavy atom. The summed E-state index contributed by atoms with van der Waals surface area (Å²) < 4.78 is 6.51. The maximum atomic E-state index is 12.4. The Hall–Kier alpha value is -0.710. The SMILES string of the molecule is C=C1[C@H]2CC[C@@]3(CC[C@@H]4[C@]5(CC(C)=O)CCC[C@@]4(C4OCCN4C5)[C@@H]3C2)[C@@H]1O. The summed E-state index contributed by atoms with van der Waals surface area (Å²) in [4.78, 5) is 15.0. The first-order valence-corrected chi connectivity index (χ1v) is 11.6. The maximum Gasteiger partial charge on any atom is 0.130 e. The molecule has 4 heteroatoms. The van der Waals surface area contributed by atoms with E-state index in [2.05, 4.69) is 11.5 Å². The van der Waals surface area contributed by atoms with Gasteiger partial charge in [0.05, 0.1) is 12.7 Å². The normalized spacial score (nSPS) is 54.8. The van der Waals surface area contributed by atoms with E-state index < -0.39 is 0 Å². The van der Waals surface area contributed by atoms with Crippen molar-refractivity contribution < 1.29 is 14.6 Å². The molecule has 1 N–H and O–H groups in total. The first kappa shape index (κ1) is 18.1. The summed E-state index contributed by atoms with van der Waals surface area (Å²) in [7, 11) is 0. The van der Waals surface area contributed by atoms with Gasteiger partial charge in [-0.25, -0.2) is 0 Å². The molecular formula is C24H35NO3. The number of Topliss-reactive ketones (excluding diaryl/α,β-unsaturated/α-hetero) is 1. The van der Waals surface area contributed by atoms with Gasteiger partial charge in [-0.05, 0) is 80.6 Å². The van der Waals surface area contributed by atoms with Crippen molar-refractivity contribution in [1.82, 2.24) is 4.90 Å². The van der Waals surface area contributed by atoms with Gasteiger partial charge < -0.3 is 14.6 Å². The van der Waals surface area contributed by atoms with Crippen molar-refractivity contribution in [1.29, 1.82) is 0 Å². The molecule has 0 amide bonds. The summed E-state index contributed by atoms with van der Waals surface area (Å²) in [5.74, 6) is 1.94. The molecule has 1 spiro atoms. The molecule has 28 heavy (non-hydrogen) atoms. The van der Waals surface area contributed by atoms with Crippen molar-refractivity contribution in [3.05, 3.63) is 12.2 Å². The molecule has 7 rings (SSSR count). The van der Waals surface area contributed by atoms with E-state index in [9.17, 15) is 9.90 Å². The highest BCUT2D eigenvalue weighted by Crippen LogP contribution is 2.75. The van der Waals surface area contributed by atoms with Gasteiger partial charge in [0.2, 0.25) is 0 Å². The lowest BCUT2D eigenvalue weighted by molar-refractivity contribution is -0.293. The Labute approximate surface area is 168 Å². The van der Waals surface area contributed by atoms with Crippen LogP contribution >= 0.6 is 0 Å². The van der Waals surface area contributed by atoms with Crippen LogP contribution in [0.4, 0.5) is 0 Å². The second kappa shape index (κ2) is 5.70. The number of aliphatic hydroxyl groups is 1. The Morgan fingerprint density at radius 2 is 2.07 bits per heavy atom. The summed E-state index contributed by atoms with van der Waals surface area (Å²) in [6.45, 7) is 9.00. The number of hydrogen-bond acceptors (Lipinski definition) is 4. The van der Waals surface area contributed by atoms with Crippen molar-refractivity contribution in [2.75, 3.05) is 19.7 Å². The van der Waals surface area contributed by atoms with Gasteiger partial charge in [0.15, 0.2) is 0 Å². The summed E-state index contributed by atoms with van der Waals surface area (Å²) in [5.41, 5.74) is 1.38. The summed E-state index contributed by atoms with van der Waals surface area (Å²) in [6.07, 6.45) is 10.1. The zero-order chi connectivity index (χ0) is 19.3. The Morgan fingerprint density at radius 3 is 2.89 bits per heavy atom. The highest BCUT2D eigenvalue weighted by molar-refractivity contribution is 5.76. The molecule has 0 aromatic rings. The van der Waals surface area contributed by atoms with E-state index in [0.29, 0.717) is 23.5 Å². The highest BCUT2D eigenvalue weighted by Gasteiger charge is 2.73. The first-order chi connectivity index (χ1) is 13.4. The van der Waals surface area contributed by atoms with Crippen molar-refractivity contribution in [2.24, 2.45) is 34.0 Å². The lowest BCUT2D eigenvalue weighted by Gasteiger charge is -2.74. The highest BCUT2D eigenvalue weighted by atomic mass is 16.5. The average Bonchev–Trinajstić information content (AvgIpc) is 3.12. The number of fused-ring (bicyclic) bond motifs is 3. The van der Waals surface area contributed by atoms with Crippen LogP contribution in [0.5, 0.6) is 0 Å². The minimum absolute atomic E-state index is 0.0105. The molecule has 8 atom stereocenters. The monoisotopic (exact) mass is 385 g/mol. The fourth-order valence-electron chi connectivity index (χ4n) is 9.76. The van der Waals surface area contributed by atoms with E-state index in [0.717, 1.165) is 51.0 Å². The van der Waals surface area contributed by atoms with Crippen LogP contribution in [0.2, 0.25) is 0 Å². The number of carbonyl (C=O) groups excluding carboxylic acids is 1. The maximum absolute atomic E-state index is 12.4. The summed E-state index contributed by atoms with van der Waals surface area (Å²) in [6, 6.07) is 0. The number of ketones is 1. The summed E-state index contributed by atoms with van der Waals surface area (Å²) in [5, 5.41) is 11.4. The van der Waals surface area contributed by atoms with E-state index in [-0.39, 0.29) is 28.6 Å². The minimum Gasteiger partial charge on any atom is -0.388 e. The van der Waals surface area contributed by atoms with Crippen LogP contribution in [0.15, 0.2) is 12.2 Å². The predicted octanol–water partition coefficient (Wildman–Crippen LogP) is 3.54. The zero-order valence-electron chi connectivity index (χ0n) is 17.3. The fourth-order valence-corrected chi connectivity index (χ4v) is 9.76. The van der Waals surface area contributed by atoms with E-state index >= 15 is 0 Å². The molecule has 2 saturated heterocycles. The molecule has 2 aliphatic heterocycles. The average molecular weight is 386 g/mol. The molecule has 154 valence electrons. The molecule has 0 aromatic heterocycles. The summed E-state index contributed by atoms with van der Waals surface area (Å²) >= 11 is 0. The van der Waals surface area contributed by atoms with Crippen LogP contribution in [0.1, 0.15) is 64.7 Å². The van der Waals surface area contributed by atoms with Gasteiger partial charge in [-0.1, -0.05) is 13.0 Å². The molecule has 5 saturated carbocycles. The van der Waals surface area contributed by atoms with Crippen molar-refractivity contribution in [3.8, 4) is 0 Å². The Balaban J connectivity index is 1.51. The predicted molar refractivity (Wildman–Crippen MR) is 106 cm³/mol. The standard InChI is InChI=1S/C24H35NO3/c1-15(26)13-22-6-3-7-24(21-25(14-22)10-11-28-21)18(22)5-9-23-8-4-17(12-19(23)24)16(2)20(23)27/h17-21,27H,2-14H2,1H3/t17-,18+,19+,20+,21?,22-,23-,24-/m0/s1. The van der Waals surface area contributed by atoms with E-state index in [1.54, 1.807) is 6.92 Å². The van der Waals surface area contributed by atoms with Gasteiger partial charge in [0.1, 0.15) is 12.0 Å². The van der Waals surface area contributed by atoms with Crippen LogP contribution < -0.4 is 0 Å². The van der Waals surface area contributed by atoms with Crippen LogP contribution in [0.25, 0.3) is 0 Å². The molecule has 4 bridgehead atoms. The minimum atomic E-state index is -0.332. The zero-order valence-corrected chi connectivity index (χ0v) is 17.3. The van der Waals surface area contributed by atoms with Gasteiger partial charge >= 0.3 is 0 Å². The van der Waals surface area contributed by atoms with E-state index in [1.807, 2.05) is 0 Å². The molecule has 5 aliphatic carbocycles. The quantitative estimate of drug-likeness (QED) is 0.739. The number of nitrogens with zero attached hydrogens (tertiary/aromatic N) is 1. The van der Waals surface area contributed by atoms with Crippen molar-refractivity contribution in [2.45, 2.75) is 77.0 Å².